The zero-order valence-electron chi connectivity index (χ0n) is 45.8. The third-order valence-electron chi connectivity index (χ3n) is 13.2. The number of pyridine rings is 3. The highest BCUT2D eigenvalue weighted by Gasteiger charge is 2.21. The van der Waals surface area contributed by atoms with Crippen molar-refractivity contribution in [1.29, 1.82) is 0 Å². The topological polar surface area (TPSA) is 148 Å². The highest BCUT2D eigenvalue weighted by atomic mass is 32.2. The number of esters is 1. The minimum absolute atomic E-state index is 0.0826. The summed E-state index contributed by atoms with van der Waals surface area (Å²) in [4.78, 5) is 35.2. The number of aromatic nitrogens is 3. The second-order valence-corrected chi connectivity index (χ2v) is 21.1. The maximum atomic E-state index is 13.1. The molecule has 0 radical (unpaired) electrons. The smallest absolute Gasteiger partial charge is 0.356 e. The van der Waals surface area contributed by atoms with Gasteiger partial charge in [-0.1, -0.05) is 79.9 Å². The van der Waals surface area contributed by atoms with Crippen LogP contribution < -0.4 is 9.47 Å². The Morgan fingerprint density at radius 3 is 1.35 bits per heavy atom. The lowest BCUT2D eigenvalue weighted by Gasteiger charge is -2.25. The first-order valence-electron chi connectivity index (χ1n) is 26.2. The molecular weight excluding hydrogens is 985 g/mol. The second kappa shape index (κ2) is 27.6. The third kappa shape index (κ3) is 17.6. The van der Waals surface area contributed by atoms with Gasteiger partial charge >= 0.3 is 5.97 Å². The van der Waals surface area contributed by atoms with E-state index in [1.54, 1.807) is 38.5 Å². The van der Waals surface area contributed by atoms with Crippen LogP contribution in [0.3, 0.4) is 0 Å². The summed E-state index contributed by atoms with van der Waals surface area (Å²) in [5, 5.41) is 0. The van der Waals surface area contributed by atoms with Crippen LogP contribution in [0.5, 0.6) is 11.5 Å². The van der Waals surface area contributed by atoms with E-state index in [-0.39, 0.29) is 12.1 Å². The molecule has 1 aliphatic rings. The molecule has 0 saturated carbocycles. The van der Waals surface area contributed by atoms with E-state index >= 15 is 0 Å². The Balaban J connectivity index is 1.18. The van der Waals surface area contributed by atoms with Crippen LogP contribution in [-0.4, -0.2) is 115 Å². The molecule has 13 nitrogen and oxygen atoms in total. The van der Waals surface area contributed by atoms with Gasteiger partial charge in [-0.3, -0.25) is 29.2 Å². The van der Waals surface area contributed by atoms with E-state index in [1.807, 2.05) is 50.2 Å². The standard InChI is InChI=1S/C63H70N6O7S/c1-9-11-54-33-45(3)13-17-51(54)18-14-48-34-46(4)64-57(36-48)42-67-26-27-68(43-58-37-49(35-47(5)65-58)15-19-53-22-24-61(75-7)41-56(53)25-32-77(71,72)73)29-31-69(30-28-67)44-59-38-50(39-62(66-59)63(70)76-8)16-20-52-21-23-60(74-6)40-55(52)12-10-2/h13,17,21-24,33-41H,9-12,25-32,42-44H2,1-8H3,(H,71,72,73). The highest BCUT2D eigenvalue weighted by molar-refractivity contribution is 7.85. The molecule has 0 atom stereocenters. The van der Waals surface area contributed by atoms with Crippen molar-refractivity contribution in [1.82, 2.24) is 29.7 Å². The summed E-state index contributed by atoms with van der Waals surface area (Å²) in [5.74, 6) is 20.6. The molecule has 3 aromatic carbocycles. The monoisotopic (exact) mass is 1050 g/mol. The Bertz CT molecular complexity index is 3380. The number of methoxy groups -OCH3 is 3. The number of hydrogen-bond acceptors (Lipinski definition) is 12. The summed E-state index contributed by atoms with van der Waals surface area (Å²) in [6.45, 7) is 16.5. The second-order valence-electron chi connectivity index (χ2n) is 19.5. The van der Waals surface area contributed by atoms with Crippen molar-refractivity contribution in [2.45, 2.75) is 86.4 Å². The fourth-order valence-corrected chi connectivity index (χ4v) is 9.85. The third-order valence-corrected chi connectivity index (χ3v) is 13.9. The number of rotatable bonds is 16. The molecule has 0 unspecified atom stereocenters. The van der Waals surface area contributed by atoms with Gasteiger partial charge in [0.2, 0.25) is 0 Å². The molecule has 0 spiro atoms. The molecule has 3 aromatic heterocycles. The predicted molar refractivity (Wildman–Crippen MR) is 303 cm³/mol. The van der Waals surface area contributed by atoms with Crippen LogP contribution in [0.1, 0.15) is 121 Å². The molecular formula is C63H70N6O7S. The summed E-state index contributed by atoms with van der Waals surface area (Å²) in [7, 11) is 0.383. The molecule has 6 aromatic rings. The number of nitrogens with zero attached hydrogens (tertiary/aromatic N) is 6. The lowest BCUT2D eigenvalue weighted by Crippen LogP contribution is -2.36. The van der Waals surface area contributed by atoms with E-state index in [4.69, 9.17) is 29.2 Å². The van der Waals surface area contributed by atoms with Gasteiger partial charge in [-0.15, -0.1) is 0 Å². The summed E-state index contributed by atoms with van der Waals surface area (Å²) in [5.41, 5.74) is 13.7. The zero-order chi connectivity index (χ0) is 54.9. The van der Waals surface area contributed by atoms with Crippen LogP contribution in [-0.2, 0) is 53.8 Å². The Labute approximate surface area is 456 Å². The molecule has 0 bridgehead atoms. The molecule has 0 amide bonds. The first-order valence-corrected chi connectivity index (χ1v) is 27.9. The van der Waals surface area contributed by atoms with Crippen LogP contribution >= 0.6 is 0 Å². The van der Waals surface area contributed by atoms with Crippen LogP contribution in [0, 0.1) is 56.3 Å². The Kier molecular flexibility index (Phi) is 20.6. The van der Waals surface area contributed by atoms with Crippen molar-refractivity contribution in [3.05, 3.63) is 181 Å². The fraction of sp³-hybridized carbons (Fsp3) is 0.365. The summed E-state index contributed by atoms with van der Waals surface area (Å²) >= 11 is 0. The molecule has 1 aliphatic heterocycles. The molecule has 400 valence electrons. The number of carbonyl (C=O) groups excluding carboxylic acids is 1. The van der Waals surface area contributed by atoms with E-state index in [1.165, 1.54) is 18.2 Å². The van der Waals surface area contributed by atoms with E-state index < -0.39 is 21.8 Å². The van der Waals surface area contributed by atoms with Crippen LogP contribution in [0.4, 0.5) is 0 Å². The van der Waals surface area contributed by atoms with Crippen molar-refractivity contribution in [2.24, 2.45) is 0 Å². The maximum absolute atomic E-state index is 13.1. The zero-order valence-corrected chi connectivity index (χ0v) is 46.6. The van der Waals surface area contributed by atoms with Gasteiger partial charge in [0.15, 0.2) is 0 Å². The molecule has 77 heavy (non-hydrogen) atoms. The first kappa shape index (κ1) is 57.4. The average molecular weight is 1060 g/mol. The van der Waals surface area contributed by atoms with Crippen LogP contribution in [0.2, 0.25) is 0 Å². The van der Waals surface area contributed by atoms with Crippen molar-refractivity contribution in [3.63, 3.8) is 0 Å². The molecule has 7 rings (SSSR count). The SMILES string of the molecule is CCCc1cc(C)ccc1C#Cc1cc(C)nc(CN2CCN(Cc3cc(C#Cc4ccc(OC)cc4CCS(=O)(=O)O)cc(C)n3)CCN(Cc3cc(C#Cc4ccc(OC)cc4CCC)cc(C(=O)OC)n3)CC2)c1. The van der Waals surface area contributed by atoms with Gasteiger partial charge < -0.3 is 14.2 Å². The first-order chi connectivity index (χ1) is 37.1. The number of ether oxygens (including phenoxy) is 3. The lowest BCUT2D eigenvalue weighted by atomic mass is 10.0. The van der Waals surface area contributed by atoms with Crippen LogP contribution in [0.15, 0.2) is 91.0 Å². The predicted octanol–water partition coefficient (Wildman–Crippen LogP) is 8.96. The van der Waals surface area contributed by atoms with E-state index in [0.29, 0.717) is 54.3 Å². The molecule has 4 heterocycles. The van der Waals surface area contributed by atoms with Gasteiger partial charge in [0.05, 0.1) is 44.2 Å². The summed E-state index contributed by atoms with van der Waals surface area (Å²) < 4.78 is 48.9. The molecule has 1 saturated heterocycles. The maximum Gasteiger partial charge on any atom is 0.356 e. The number of benzene rings is 3. The van der Waals surface area contributed by atoms with Crippen molar-refractivity contribution in [2.75, 3.05) is 66.4 Å². The van der Waals surface area contributed by atoms with E-state index in [0.717, 1.165) is 115 Å². The summed E-state index contributed by atoms with van der Waals surface area (Å²) in [6, 6.07) is 29.5. The molecule has 1 N–H and O–H groups in total. The fourth-order valence-electron chi connectivity index (χ4n) is 9.38. The van der Waals surface area contributed by atoms with E-state index in [2.05, 4.69) is 101 Å². The molecule has 1 fully saturated rings. The minimum atomic E-state index is -4.18. The molecule has 0 aliphatic carbocycles. The van der Waals surface area contributed by atoms with E-state index in [9.17, 15) is 17.8 Å². The molecule has 14 heteroatoms. The number of aryl methyl sites for hydroxylation is 6. The van der Waals surface area contributed by atoms with Gasteiger partial charge in [-0.2, -0.15) is 8.42 Å². The van der Waals surface area contributed by atoms with Gasteiger partial charge in [0.1, 0.15) is 17.2 Å². The Morgan fingerprint density at radius 2 is 0.935 bits per heavy atom. The van der Waals surface area contributed by atoms with Gasteiger partial charge in [0.25, 0.3) is 10.1 Å². The normalized spacial score (nSPS) is 13.4. The van der Waals surface area contributed by atoms with Crippen molar-refractivity contribution < 1.29 is 32.0 Å². The Morgan fingerprint density at radius 1 is 0.532 bits per heavy atom. The van der Waals surface area contributed by atoms with Crippen molar-refractivity contribution >= 4 is 16.1 Å². The number of hydrogen-bond donors (Lipinski definition) is 1. The van der Waals surface area contributed by atoms with Crippen molar-refractivity contribution in [3.8, 4) is 47.0 Å². The quantitative estimate of drug-likeness (QED) is 0.0560. The van der Waals surface area contributed by atoms with Gasteiger partial charge in [-0.05, 0) is 136 Å². The average Bonchev–Trinajstić information content (AvgIpc) is 3.48. The van der Waals surface area contributed by atoms with Crippen LogP contribution in [0.25, 0.3) is 0 Å². The van der Waals surface area contributed by atoms with Gasteiger partial charge in [0, 0.05) is 104 Å². The highest BCUT2D eigenvalue weighted by Crippen LogP contribution is 2.22. The Hall–Kier alpha value is -7.35. The lowest BCUT2D eigenvalue weighted by molar-refractivity contribution is 0.0593. The van der Waals surface area contributed by atoms with Gasteiger partial charge in [-0.25, -0.2) is 9.78 Å². The largest absolute Gasteiger partial charge is 0.497 e. The summed E-state index contributed by atoms with van der Waals surface area (Å²) in [6.07, 6.45) is 3.92. The number of carbonyl (C=O) groups is 1. The minimum Gasteiger partial charge on any atom is -0.497 e.